The Morgan fingerprint density at radius 1 is 1.25 bits per heavy atom. The van der Waals surface area contributed by atoms with E-state index in [1.54, 1.807) is 20.0 Å². The molecule has 0 saturated heterocycles. The number of benzene rings is 1. The summed E-state index contributed by atoms with van der Waals surface area (Å²) in [5, 5.41) is 0.103. The molecule has 0 radical (unpaired) electrons. The van der Waals surface area contributed by atoms with E-state index in [4.69, 9.17) is 20.8 Å². The number of ether oxygens (including phenoxy) is 1. The Kier molecular flexibility index (Phi) is 6.90. The van der Waals surface area contributed by atoms with Gasteiger partial charge in [-0.15, -0.1) is 0 Å². The van der Waals surface area contributed by atoms with Crippen LogP contribution in [-0.2, 0) is 26.8 Å². The number of nitrogens with zero attached hydrogens (tertiary/aromatic N) is 2. The highest BCUT2D eigenvalue weighted by Crippen LogP contribution is 2.25. The number of sulfonamides is 1. The third kappa shape index (κ3) is 4.92. The Morgan fingerprint density at radius 2 is 1.89 bits per heavy atom. The SMILES string of the molecule is CCN(CC)S(=O)(=O)c1ccc(Cl)c(C(=O)OCc2ncc(C(C)(C)C)o2)c1. The van der Waals surface area contributed by atoms with Gasteiger partial charge in [-0.25, -0.2) is 18.2 Å². The fraction of sp³-hybridized carbons (Fsp3) is 0.474. The monoisotopic (exact) mass is 428 g/mol. The third-order valence-corrected chi connectivity index (χ3v) is 6.50. The van der Waals surface area contributed by atoms with Gasteiger partial charge in [-0.05, 0) is 18.2 Å². The second-order valence-corrected chi connectivity index (χ2v) is 9.52. The second kappa shape index (κ2) is 8.63. The highest BCUT2D eigenvalue weighted by Gasteiger charge is 2.25. The highest BCUT2D eigenvalue weighted by atomic mass is 35.5. The van der Waals surface area contributed by atoms with E-state index in [9.17, 15) is 13.2 Å². The zero-order valence-corrected chi connectivity index (χ0v) is 18.2. The number of rotatable bonds is 7. The molecule has 7 nitrogen and oxygen atoms in total. The summed E-state index contributed by atoms with van der Waals surface area (Å²) in [5.74, 6) is 0.169. The second-order valence-electron chi connectivity index (χ2n) is 7.18. The molecule has 0 bridgehead atoms. The average Bonchev–Trinajstić information content (AvgIpc) is 3.10. The molecule has 0 aliphatic heterocycles. The van der Waals surface area contributed by atoms with Crippen LogP contribution in [-0.4, -0.2) is 36.8 Å². The summed E-state index contributed by atoms with van der Waals surface area (Å²) in [6.45, 7) is 9.88. The lowest BCUT2D eigenvalue weighted by atomic mass is 9.94. The molecule has 0 saturated carbocycles. The number of carbonyl (C=O) groups excluding carboxylic acids is 1. The fourth-order valence-corrected chi connectivity index (χ4v) is 4.14. The first-order valence-electron chi connectivity index (χ1n) is 8.92. The maximum atomic E-state index is 12.7. The quantitative estimate of drug-likeness (QED) is 0.619. The molecule has 28 heavy (non-hydrogen) atoms. The molecular weight excluding hydrogens is 404 g/mol. The minimum Gasteiger partial charge on any atom is -0.452 e. The van der Waals surface area contributed by atoms with Crippen molar-refractivity contribution in [3.8, 4) is 0 Å². The van der Waals surface area contributed by atoms with Gasteiger partial charge in [0.15, 0.2) is 6.61 Å². The molecule has 154 valence electrons. The van der Waals surface area contributed by atoms with E-state index in [1.807, 2.05) is 20.8 Å². The summed E-state index contributed by atoms with van der Waals surface area (Å²) < 4.78 is 37.4. The molecular formula is C19H25ClN2O5S. The number of oxazole rings is 1. The van der Waals surface area contributed by atoms with Crippen LogP contribution in [0.3, 0.4) is 0 Å². The Bertz CT molecular complexity index is 943. The van der Waals surface area contributed by atoms with Crippen LogP contribution in [0.2, 0.25) is 5.02 Å². The molecule has 2 rings (SSSR count). The first-order chi connectivity index (χ1) is 13.0. The number of carbonyl (C=O) groups is 1. The molecule has 0 aliphatic rings. The average molecular weight is 429 g/mol. The maximum Gasteiger partial charge on any atom is 0.340 e. The third-order valence-electron chi connectivity index (χ3n) is 4.12. The van der Waals surface area contributed by atoms with Crippen molar-refractivity contribution in [2.75, 3.05) is 13.1 Å². The predicted molar refractivity (Wildman–Crippen MR) is 106 cm³/mol. The first kappa shape index (κ1) is 22.4. The Morgan fingerprint density at radius 3 is 2.43 bits per heavy atom. The minimum atomic E-state index is -3.72. The van der Waals surface area contributed by atoms with Crippen LogP contribution in [0.5, 0.6) is 0 Å². The van der Waals surface area contributed by atoms with Crippen molar-refractivity contribution in [2.24, 2.45) is 0 Å². The number of hydrogen-bond acceptors (Lipinski definition) is 6. The van der Waals surface area contributed by atoms with E-state index in [1.165, 1.54) is 22.5 Å². The molecule has 0 unspecified atom stereocenters. The van der Waals surface area contributed by atoms with Crippen LogP contribution in [0, 0.1) is 0 Å². The van der Waals surface area contributed by atoms with E-state index in [0.29, 0.717) is 18.8 Å². The number of esters is 1. The minimum absolute atomic E-state index is 0.0151. The van der Waals surface area contributed by atoms with Crippen LogP contribution in [0.15, 0.2) is 33.7 Å². The van der Waals surface area contributed by atoms with Gasteiger partial charge in [0.1, 0.15) is 5.76 Å². The lowest BCUT2D eigenvalue weighted by molar-refractivity contribution is 0.0435. The molecule has 0 aliphatic carbocycles. The maximum absolute atomic E-state index is 12.7. The van der Waals surface area contributed by atoms with Crippen LogP contribution < -0.4 is 0 Å². The first-order valence-corrected chi connectivity index (χ1v) is 10.7. The molecule has 0 atom stereocenters. The predicted octanol–water partition coefficient (Wildman–Crippen LogP) is 4.01. The van der Waals surface area contributed by atoms with Crippen LogP contribution in [0.4, 0.5) is 0 Å². The van der Waals surface area contributed by atoms with E-state index >= 15 is 0 Å². The molecule has 2 aromatic rings. The van der Waals surface area contributed by atoms with E-state index in [0.717, 1.165) is 0 Å². The van der Waals surface area contributed by atoms with Crippen LogP contribution in [0.1, 0.15) is 56.6 Å². The molecule has 0 spiro atoms. The molecule has 0 amide bonds. The normalized spacial score (nSPS) is 12.4. The van der Waals surface area contributed by atoms with Crippen molar-refractivity contribution in [3.63, 3.8) is 0 Å². The van der Waals surface area contributed by atoms with Gasteiger partial charge in [-0.2, -0.15) is 4.31 Å². The molecule has 9 heteroatoms. The molecule has 1 aromatic carbocycles. The molecule has 1 heterocycles. The van der Waals surface area contributed by atoms with Gasteiger partial charge in [0, 0.05) is 18.5 Å². The Balaban J connectivity index is 2.20. The van der Waals surface area contributed by atoms with Crippen LogP contribution in [0.25, 0.3) is 0 Å². The summed E-state index contributed by atoms with van der Waals surface area (Å²) >= 11 is 6.09. The van der Waals surface area contributed by atoms with Gasteiger partial charge in [0.25, 0.3) is 0 Å². The molecule has 0 fully saturated rings. The summed E-state index contributed by atoms with van der Waals surface area (Å²) in [7, 11) is -3.72. The van der Waals surface area contributed by atoms with Gasteiger partial charge < -0.3 is 9.15 Å². The van der Waals surface area contributed by atoms with E-state index in [-0.39, 0.29) is 33.4 Å². The summed E-state index contributed by atoms with van der Waals surface area (Å²) in [5.41, 5.74) is -0.247. The number of hydrogen-bond donors (Lipinski definition) is 0. The van der Waals surface area contributed by atoms with Crippen molar-refractivity contribution in [1.82, 2.24) is 9.29 Å². The van der Waals surface area contributed by atoms with E-state index < -0.39 is 16.0 Å². The standard InChI is InChI=1S/C19H25ClN2O5S/c1-6-22(7-2)28(24,25)13-8-9-15(20)14(10-13)18(23)26-12-17-21-11-16(27-17)19(3,4)5/h8-11H,6-7,12H2,1-5H3. The largest absolute Gasteiger partial charge is 0.452 e. The van der Waals surface area contributed by atoms with Crippen molar-refractivity contribution in [2.45, 2.75) is 51.5 Å². The summed E-state index contributed by atoms with van der Waals surface area (Å²) in [6.07, 6.45) is 1.59. The van der Waals surface area contributed by atoms with E-state index in [2.05, 4.69) is 4.98 Å². The smallest absolute Gasteiger partial charge is 0.340 e. The summed E-state index contributed by atoms with van der Waals surface area (Å²) in [4.78, 5) is 16.5. The zero-order chi connectivity index (χ0) is 21.1. The Hall–Kier alpha value is -1.90. The van der Waals surface area contributed by atoms with Crippen LogP contribution >= 0.6 is 11.6 Å². The van der Waals surface area contributed by atoms with Crippen molar-refractivity contribution >= 4 is 27.6 Å². The summed E-state index contributed by atoms with van der Waals surface area (Å²) in [6, 6.07) is 3.97. The molecule has 1 aromatic heterocycles. The van der Waals surface area contributed by atoms with Gasteiger partial charge in [0.2, 0.25) is 15.9 Å². The highest BCUT2D eigenvalue weighted by molar-refractivity contribution is 7.89. The van der Waals surface area contributed by atoms with Gasteiger partial charge >= 0.3 is 5.97 Å². The van der Waals surface area contributed by atoms with Gasteiger partial charge in [0.05, 0.1) is 21.7 Å². The fourth-order valence-electron chi connectivity index (χ4n) is 2.46. The van der Waals surface area contributed by atoms with Gasteiger partial charge in [-0.3, -0.25) is 0 Å². The van der Waals surface area contributed by atoms with Crippen molar-refractivity contribution < 1.29 is 22.4 Å². The molecule has 0 N–H and O–H groups in total. The lowest BCUT2D eigenvalue weighted by Gasteiger charge is -2.19. The Labute approximate surface area is 170 Å². The van der Waals surface area contributed by atoms with Gasteiger partial charge in [-0.1, -0.05) is 46.2 Å². The number of halogens is 1. The van der Waals surface area contributed by atoms with Crippen molar-refractivity contribution in [3.05, 3.63) is 46.6 Å². The lowest BCUT2D eigenvalue weighted by Crippen LogP contribution is -2.30. The number of aromatic nitrogens is 1. The zero-order valence-electron chi connectivity index (χ0n) is 16.7. The van der Waals surface area contributed by atoms with Crippen molar-refractivity contribution in [1.29, 1.82) is 0 Å². The topological polar surface area (TPSA) is 89.7 Å².